The Morgan fingerprint density at radius 3 is 2.83 bits per heavy atom. The molecule has 23 heavy (non-hydrogen) atoms. The highest BCUT2D eigenvalue weighted by atomic mass is 16.5. The molecule has 1 amide bonds. The second kappa shape index (κ2) is 9.68. The van der Waals surface area contributed by atoms with E-state index < -0.39 is 0 Å². The van der Waals surface area contributed by atoms with E-state index in [0.29, 0.717) is 19.6 Å². The maximum atomic E-state index is 11.8. The lowest BCUT2D eigenvalue weighted by Crippen LogP contribution is -2.33. The van der Waals surface area contributed by atoms with E-state index in [1.165, 1.54) is 31.5 Å². The first-order valence-electron chi connectivity index (χ1n) is 8.86. The van der Waals surface area contributed by atoms with E-state index in [-0.39, 0.29) is 5.91 Å². The highest BCUT2D eigenvalue weighted by Crippen LogP contribution is 2.18. The van der Waals surface area contributed by atoms with Crippen molar-refractivity contribution in [3.05, 3.63) is 29.8 Å². The minimum Gasteiger partial charge on any atom is -0.382 e. The molecule has 1 fully saturated rings. The summed E-state index contributed by atoms with van der Waals surface area (Å²) in [5, 5.41) is 2.95. The molecule has 0 spiro atoms. The van der Waals surface area contributed by atoms with Gasteiger partial charge in [0.2, 0.25) is 5.91 Å². The van der Waals surface area contributed by atoms with Crippen LogP contribution in [0.5, 0.6) is 0 Å². The maximum absolute atomic E-state index is 11.8. The van der Waals surface area contributed by atoms with E-state index in [9.17, 15) is 4.79 Å². The number of carbonyl (C=O) groups is 1. The van der Waals surface area contributed by atoms with Gasteiger partial charge in [-0.1, -0.05) is 19.1 Å². The van der Waals surface area contributed by atoms with E-state index in [2.05, 4.69) is 29.3 Å². The number of nitrogens with zero attached hydrogens (tertiary/aromatic N) is 1. The molecule has 0 bridgehead atoms. The van der Waals surface area contributed by atoms with Gasteiger partial charge in [0.1, 0.15) is 0 Å². The van der Waals surface area contributed by atoms with Crippen molar-refractivity contribution in [3.63, 3.8) is 0 Å². The monoisotopic (exact) mass is 318 g/mol. The zero-order valence-electron chi connectivity index (χ0n) is 14.5. The molecular formula is C19H30N2O2. The lowest BCUT2D eigenvalue weighted by atomic mass is 10.00. The van der Waals surface area contributed by atoms with Crippen LogP contribution in [-0.2, 0) is 16.1 Å². The molecule has 1 N–H and O–H groups in total. The van der Waals surface area contributed by atoms with Crippen molar-refractivity contribution in [3.8, 4) is 0 Å². The summed E-state index contributed by atoms with van der Waals surface area (Å²) >= 11 is 0. The predicted molar refractivity (Wildman–Crippen MR) is 94.5 cm³/mol. The average molecular weight is 318 g/mol. The van der Waals surface area contributed by atoms with E-state index in [1.807, 2.05) is 19.1 Å². The zero-order valence-corrected chi connectivity index (χ0v) is 14.5. The van der Waals surface area contributed by atoms with E-state index in [4.69, 9.17) is 4.74 Å². The number of anilines is 1. The number of piperidine rings is 1. The fourth-order valence-corrected chi connectivity index (χ4v) is 3.08. The fraction of sp³-hybridized carbons (Fsp3) is 0.632. The van der Waals surface area contributed by atoms with Gasteiger partial charge in [-0.3, -0.25) is 9.69 Å². The van der Waals surface area contributed by atoms with Crippen LogP contribution in [0.15, 0.2) is 24.3 Å². The molecular weight excluding hydrogens is 288 g/mol. The molecule has 1 heterocycles. The highest BCUT2D eigenvalue weighted by molar-refractivity contribution is 5.90. The molecule has 1 saturated heterocycles. The molecule has 1 aromatic rings. The van der Waals surface area contributed by atoms with E-state index in [0.717, 1.165) is 24.6 Å². The Balaban J connectivity index is 1.74. The van der Waals surface area contributed by atoms with Crippen molar-refractivity contribution >= 4 is 11.6 Å². The van der Waals surface area contributed by atoms with Gasteiger partial charge in [0.25, 0.3) is 0 Å². The number of rotatable bonds is 8. The summed E-state index contributed by atoms with van der Waals surface area (Å²) in [4.78, 5) is 14.4. The Kier molecular flexibility index (Phi) is 7.56. The Hall–Kier alpha value is -1.39. The summed E-state index contributed by atoms with van der Waals surface area (Å²) in [6.07, 6.45) is 3.93. The van der Waals surface area contributed by atoms with Crippen LogP contribution >= 0.6 is 0 Å². The third kappa shape index (κ3) is 6.71. The SMILES string of the molecule is CCOCCCC(=O)Nc1ccc(CN2CCC[C@H](C)C2)cc1. The van der Waals surface area contributed by atoms with E-state index in [1.54, 1.807) is 0 Å². The Labute approximate surface area is 140 Å². The van der Waals surface area contributed by atoms with Crippen LogP contribution in [0.25, 0.3) is 0 Å². The largest absolute Gasteiger partial charge is 0.382 e. The third-order valence-corrected chi connectivity index (χ3v) is 4.28. The Morgan fingerprint density at radius 1 is 1.35 bits per heavy atom. The quantitative estimate of drug-likeness (QED) is 0.744. The number of carbonyl (C=O) groups excluding carboxylic acids is 1. The molecule has 4 nitrogen and oxygen atoms in total. The summed E-state index contributed by atoms with van der Waals surface area (Å²) in [5.74, 6) is 0.862. The van der Waals surface area contributed by atoms with Gasteiger partial charge < -0.3 is 10.1 Å². The van der Waals surface area contributed by atoms with Gasteiger partial charge >= 0.3 is 0 Å². The zero-order chi connectivity index (χ0) is 16.5. The summed E-state index contributed by atoms with van der Waals surface area (Å²) in [6, 6.07) is 8.25. The number of hydrogen-bond acceptors (Lipinski definition) is 3. The molecule has 0 aromatic heterocycles. The van der Waals surface area contributed by atoms with Crippen molar-refractivity contribution in [2.45, 2.75) is 46.1 Å². The van der Waals surface area contributed by atoms with Crippen molar-refractivity contribution in [2.24, 2.45) is 5.92 Å². The van der Waals surface area contributed by atoms with Gasteiger partial charge in [-0.15, -0.1) is 0 Å². The fourth-order valence-electron chi connectivity index (χ4n) is 3.08. The molecule has 2 rings (SSSR count). The molecule has 0 radical (unpaired) electrons. The van der Waals surface area contributed by atoms with Crippen LogP contribution in [0.3, 0.4) is 0 Å². The highest BCUT2D eigenvalue weighted by Gasteiger charge is 2.16. The molecule has 0 unspecified atom stereocenters. The van der Waals surface area contributed by atoms with Crippen LogP contribution in [0, 0.1) is 5.92 Å². The predicted octanol–water partition coefficient (Wildman–Crippen LogP) is 3.67. The smallest absolute Gasteiger partial charge is 0.224 e. The minimum atomic E-state index is 0.0577. The van der Waals surface area contributed by atoms with Gasteiger partial charge in [-0.2, -0.15) is 0 Å². The lowest BCUT2D eigenvalue weighted by Gasteiger charge is -2.30. The van der Waals surface area contributed by atoms with Gasteiger partial charge in [-0.05, 0) is 56.3 Å². The summed E-state index contributed by atoms with van der Waals surface area (Å²) < 4.78 is 5.24. The molecule has 128 valence electrons. The number of likely N-dealkylation sites (tertiary alicyclic amines) is 1. The van der Waals surface area contributed by atoms with E-state index >= 15 is 0 Å². The van der Waals surface area contributed by atoms with Gasteiger partial charge in [-0.25, -0.2) is 0 Å². The minimum absolute atomic E-state index is 0.0577. The van der Waals surface area contributed by atoms with Crippen molar-refractivity contribution < 1.29 is 9.53 Å². The van der Waals surface area contributed by atoms with Crippen LogP contribution in [0.4, 0.5) is 5.69 Å². The van der Waals surface area contributed by atoms with Crippen molar-refractivity contribution in [1.29, 1.82) is 0 Å². The normalized spacial score (nSPS) is 18.8. The average Bonchev–Trinajstić information content (AvgIpc) is 2.54. The van der Waals surface area contributed by atoms with Crippen molar-refractivity contribution in [1.82, 2.24) is 4.90 Å². The second-order valence-electron chi connectivity index (χ2n) is 6.53. The molecule has 1 aromatic carbocycles. The van der Waals surface area contributed by atoms with Crippen molar-refractivity contribution in [2.75, 3.05) is 31.6 Å². The third-order valence-electron chi connectivity index (χ3n) is 4.28. The standard InChI is InChI=1S/C19H30N2O2/c1-3-23-13-5-7-19(22)20-18-10-8-17(9-11-18)15-21-12-4-6-16(2)14-21/h8-11,16H,3-7,12-15H2,1-2H3,(H,20,22)/t16-/m0/s1. The second-order valence-corrected chi connectivity index (χ2v) is 6.53. The van der Waals surface area contributed by atoms with Crippen LogP contribution in [0.2, 0.25) is 0 Å². The number of nitrogens with one attached hydrogen (secondary N) is 1. The van der Waals surface area contributed by atoms with Crippen LogP contribution < -0.4 is 5.32 Å². The van der Waals surface area contributed by atoms with Gasteiger partial charge in [0.05, 0.1) is 0 Å². The number of hydrogen-bond donors (Lipinski definition) is 1. The Bertz CT molecular complexity index is 473. The molecule has 1 aliphatic heterocycles. The Morgan fingerprint density at radius 2 is 2.13 bits per heavy atom. The summed E-state index contributed by atoms with van der Waals surface area (Å²) in [5.41, 5.74) is 2.19. The molecule has 0 saturated carbocycles. The molecule has 1 aliphatic rings. The number of amides is 1. The number of ether oxygens (including phenoxy) is 1. The first-order chi connectivity index (χ1) is 11.2. The molecule has 1 atom stereocenters. The summed E-state index contributed by atoms with van der Waals surface area (Å²) in [6.45, 7) is 9.05. The first-order valence-corrected chi connectivity index (χ1v) is 8.86. The van der Waals surface area contributed by atoms with Crippen LogP contribution in [-0.4, -0.2) is 37.1 Å². The maximum Gasteiger partial charge on any atom is 0.224 e. The summed E-state index contributed by atoms with van der Waals surface area (Å²) in [7, 11) is 0. The van der Waals surface area contributed by atoms with Gasteiger partial charge in [0.15, 0.2) is 0 Å². The topological polar surface area (TPSA) is 41.6 Å². The molecule has 0 aliphatic carbocycles. The number of benzene rings is 1. The lowest BCUT2D eigenvalue weighted by molar-refractivity contribution is -0.116. The molecule has 4 heteroatoms. The van der Waals surface area contributed by atoms with Gasteiger partial charge in [0, 0.05) is 38.4 Å². The van der Waals surface area contributed by atoms with Crippen LogP contribution in [0.1, 0.15) is 45.1 Å². The first kappa shape index (κ1) is 18.0.